The second-order valence-electron chi connectivity index (χ2n) is 5.62. The first-order valence-corrected chi connectivity index (χ1v) is 7.04. The third-order valence-corrected chi connectivity index (χ3v) is 3.29. The van der Waals surface area contributed by atoms with Crippen molar-refractivity contribution < 1.29 is 19.0 Å². The number of amides is 1. The van der Waals surface area contributed by atoms with Gasteiger partial charge in [-0.3, -0.25) is 4.79 Å². The molecule has 1 aromatic carbocycles. The fraction of sp³-hybridized carbons (Fsp3) is 0.438. The van der Waals surface area contributed by atoms with Crippen LogP contribution in [0.3, 0.4) is 0 Å². The average Bonchev–Trinajstić information content (AvgIpc) is 2.45. The third-order valence-electron chi connectivity index (χ3n) is 3.29. The number of nitrogens with one attached hydrogen (secondary N) is 1. The Morgan fingerprint density at radius 2 is 2.24 bits per heavy atom. The Labute approximate surface area is 123 Å². The molecule has 0 fully saturated rings. The molecule has 1 atom stereocenters. The first-order valence-electron chi connectivity index (χ1n) is 7.04. The van der Waals surface area contributed by atoms with Crippen LogP contribution < -0.4 is 10.1 Å². The second-order valence-corrected chi connectivity index (χ2v) is 5.62. The molecule has 0 aromatic heterocycles. The minimum absolute atomic E-state index is 0.108. The van der Waals surface area contributed by atoms with Crippen LogP contribution in [0, 0.1) is 11.7 Å². The number of benzene rings is 1. The van der Waals surface area contributed by atoms with Gasteiger partial charge in [0.2, 0.25) is 0 Å². The Hall–Kier alpha value is -1.88. The number of fused-ring (bicyclic) bond motifs is 1. The Balaban J connectivity index is 2.09. The van der Waals surface area contributed by atoms with Gasteiger partial charge in [0.05, 0.1) is 18.2 Å². The predicted octanol–water partition coefficient (Wildman–Crippen LogP) is 2.12. The summed E-state index contributed by atoms with van der Waals surface area (Å²) in [6, 6.07) is 3.92. The molecule has 1 heterocycles. The molecule has 21 heavy (non-hydrogen) atoms. The van der Waals surface area contributed by atoms with Crippen molar-refractivity contribution in [2.45, 2.75) is 26.3 Å². The third kappa shape index (κ3) is 4.04. The van der Waals surface area contributed by atoms with Gasteiger partial charge in [0.25, 0.3) is 5.91 Å². The van der Waals surface area contributed by atoms with Gasteiger partial charge in [0.15, 0.2) is 0 Å². The van der Waals surface area contributed by atoms with E-state index < -0.39 is 0 Å². The quantitative estimate of drug-likeness (QED) is 0.874. The topological polar surface area (TPSA) is 58.6 Å². The van der Waals surface area contributed by atoms with Crippen LogP contribution in [0.1, 0.15) is 25.8 Å². The molecule has 0 aliphatic carbocycles. The van der Waals surface area contributed by atoms with Crippen molar-refractivity contribution in [3.8, 4) is 5.75 Å². The Morgan fingerprint density at radius 3 is 2.90 bits per heavy atom. The van der Waals surface area contributed by atoms with Crippen molar-refractivity contribution in [1.82, 2.24) is 5.32 Å². The molecule has 114 valence electrons. The summed E-state index contributed by atoms with van der Waals surface area (Å²) in [5, 5.41) is 12.1. The molecule has 1 aliphatic rings. The standard InChI is InChI=1S/C16H20FNO3/c1-10(2)5-14(8-19)18-16(20)12-6-11-7-13(17)3-4-15(11)21-9-12/h3-4,6-7,10,14,19H,5,8-9H2,1-2H3,(H,18,20). The van der Waals surface area contributed by atoms with Crippen molar-refractivity contribution in [3.63, 3.8) is 0 Å². The van der Waals surface area contributed by atoms with E-state index in [2.05, 4.69) is 5.32 Å². The molecule has 2 N–H and O–H groups in total. The molecule has 0 radical (unpaired) electrons. The number of aliphatic hydroxyl groups is 1. The lowest BCUT2D eigenvalue weighted by molar-refractivity contribution is -0.118. The Bertz CT molecular complexity index is 554. The molecule has 1 amide bonds. The molecule has 1 aromatic rings. The molecule has 2 rings (SSSR count). The first kappa shape index (κ1) is 15.5. The van der Waals surface area contributed by atoms with Crippen molar-refractivity contribution in [3.05, 3.63) is 35.2 Å². The molecule has 0 bridgehead atoms. The molecule has 4 nitrogen and oxygen atoms in total. The van der Waals surface area contributed by atoms with Crippen LogP contribution in [0.4, 0.5) is 4.39 Å². The normalized spacial score (nSPS) is 15.0. The zero-order valence-corrected chi connectivity index (χ0v) is 12.2. The van der Waals surface area contributed by atoms with E-state index in [-0.39, 0.29) is 31.0 Å². The van der Waals surface area contributed by atoms with E-state index in [0.717, 1.165) is 0 Å². The number of ether oxygens (including phenoxy) is 1. The summed E-state index contributed by atoms with van der Waals surface area (Å²) in [4.78, 5) is 12.2. The number of hydrogen-bond acceptors (Lipinski definition) is 3. The van der Waals surface area contributed by atoms with Crippen LogP contribution in [0.5, 0.6) is 5.75 Å². The monoisotopic (exact) mass is 293 g/mol. The van der Waals surface area contributed by atoms with Crippen molar-refractivity contribution in [1.29, 1.82) is 0 Å². The maximum atomic E-state index is 13.2. The molecule has 1 unspecified atom stereocenters. The van der Waals surface area contributed by atoms with E-state index in [1.807, 2.05) is 13.8 Å². The zero-order chi connectivity index (χ0) is 15.4. The Kier molecular flexibility index (Phi) is 4.96. The predicted molar refractivity (Wildman–Crippen MR) is 78.3 cm³/mol. The summed E-state index contributed by atoms with van der Waals surface area (Å²) in [5.74, 6) is 0.274. The van der Waals surface area contributed by atoms with Crippen LogP contribution in [0.15, 0.2) is 23.8 Å². The van der Waals surface area contributed by atoms with Crippen LogP contribution in [-0.2, 0) is 4.79 Å². The van der Waals surface area contributed by atoms with Gasteiger partial charge in [-0.1, -0.05) is 13.8 Å². The highest BCUT2D eigenvalue weighted by molar-refractivity contribution is 5.99. The lowest BCUT2D eigenvalue weighted by Crippen LogP contribution is -2.40. The van der Waals surface area contributed by atoms with Crippen molar-refractivity contribution in [2.75, 3.05) is 13.2 Å². The van der Waals surface area contributed by atoms with E-state index in [9.17, 15) is 14.3 Å². The molecule has 0 spiro atoms. The van der Waals surface area contributed by atoms with E-state index in [1.165, 1.54) is 12.1 Å². The summed E-state index contributed by atoms with van der Waals surface area (Å²) in [5.41, 5.74) is 0.978. The average molecular weight is 293 g/mol. The molecule has 5 heteroatoms. The van der Waals surface area contributed by atoms with Gasteiger partial charge in [-0.25, -0.2) is 4.39 Å². The number of halogens is 1. The van der Waals surface area contributed by atoms with E-state index in [0.29, 0.717) is 29.2 Å². The highest BCUT2D eigenvalue weighted by Crippen LogP contribution is 2.27. The highest BCUT2D eigenvalue weighted by atomic mass is 19.1. The first-order chi connectivity index (χ1) is 9.99. The second kappa shape index (κ2) is 6.72. The van der Waals surface area contributed by atoms with Crippen LogP contribution in [0.2, 0.25) is 0 Å². The summed E-state index contributed by atoms with van der Waals surface area (Å²) < 4.78 is 18.7. The van der Waals surface area contributed by atoms with Gasteiger partial charge in [0.1, 0.15) is 18.2 Å². The summed E-state index contributed by atoms with van der Waals surface area (Å²) >= 11 is 0. The lowest BCUT2D eigenvalue weighted by atomic mass is 10.0. The minimum Gasteiger partial charge on any atom is -0.488 e. The fourth-order valence-corrected chi connectivity index (χ4v) is 2.31. The summed E-state index contributed by atoms with van der Waals surface area (Å²) in [6.07, 6.45) is 2.32. The van der Waals surface area contributed by atoms with Gasteiger partial charge in [-0.05, 0) is 36.6 Å². The van der Waals surface area contributed by atoms with E-state index in [4.69, 9.17) is 4.74 Å². The van der Waals surface area contributed by atoms with Crippen LogP contribution in [0.25, 0.3) is 6.08 Å². The molecule has 0 saturated heterocycles. The van der Waals surface area contributed by atoms with Gasteiger partial charge in [-0.15, -0.1) is 0 Å². The minimum atomic E-state index is -0.372. The van der Waals surface area contributed by atoms with E-state index in [1.54, 1.807) is 12.1 Å². The molecular weight excluding hydrogens is 273 g/mol. The van der Waals surface area contributed by atoms with Gasteiger partial charge in [0, 0.05) is 5.56 Å². The largest absolute Gasteiger partial charge is 0.488 e. The van der Waals surface area contributed by atoms with Crippen LogP contribution in [-0.4, -0.2) is 30.3 Å². The number of carbonyl (C=O) groups excluding carboxylic acids is 1. The maximum Gasteiger partial charge on any atom is 0.250 e. The van der Waals surface area contributed by atoms with Crippen molar-refractivity contribution in [2.24, 2.45) is 5.92 Å². The number of rotatable bonds is 5. The van der Waals surface area contributed by atoms with Gasteiger partial charge < -0.3 is 15.2 Å². The zero-order valence-electron chi connectivity index (χ0n) is 12.2. The van der Waals surface area contributed by atoms with Crippen molar-refractivity contribution >= 4 is 12.0 Å². The fourth-order valence-electron chi connectivity index (χ4n) is 2.31. The summed E-state index contributed by atoms with van der Waals surface area (Å²) in [6.45, 7) is 4.08. The summed E-state index contributed by atoms with van der Waals surface area (Å²) in [7, 11) is 0. The van der Waals surface area contributed by atoms with Gasteiger partial charge in [-0.2, -0.15) is 0 Å². The SMILES string of the molecule is CC(C)CC(CO)NC(=O)C1=Cc2cc(F)ccc2OC1. The number of hydrogen-bond donors (Lipinski definition) is 2. The number of aliphatic hydroxyl groups excluding tert-OH is 1. The smallest absolute Gasteiger partial charge is 0.250 e. The molecule has 0 saturated carbocycles. The van der Waals surface area contributed by atoms with Crippen LogP contribution >= 0.6 is 0 Å². The highest BCUT2D eigenvalue weighted by Gasteiger charge is 2.20. The number of carbonyl (C=O) groups is 1. The molecule has 1 aliphatic heterocycles. The lowest BCUT2D eigenvalue weighted by Gasteiger charge is -2.21. The molecular formula is C16H20FNO3. The maximum absolute atomic E-state index is 13.2. The van der Waals surface area contributed by atoms with E-state index >= 15 is 0 Å². The van der Waals surface area contributed by atoms with Gasteiger partial charge >= 0.3 is 0 Å². The Morgan fingerprint density at radius 1 is 1.48 bits per heavy atom.